The van der Waals surface area contributed by atoms with Gasteiger partial charge in [-0.2, -0.15) is 0 Å². The van der Waals surface area contributed by atoms with E-state index in [9.17, 15) is 4.79 Å². The van der Waals surface area contributed by atoms with Crippen molar-refractivity contribution in [3.63, 3.8) is 0 Å². The van der Waals surface area contributed by atoms with Crippen LogP contribution in [-0.2, 0) is 11.2 Å². The maximum absolute atomic E-state index is 11.6. The Hall–Kier alpha value is -1.88. The van der Waals surface area contributed by atoms with Crippen molar-refractivity contribution >= 4 is 23.3 Å². The SMILES string of the molecule is Cc1ccsc1/C=C/C(=O)NCCCc1ncc[nH]1. The Morgan fingerprint density at radius 3 is 3.16 bits per heavy atom. The molecule has 0 unspecified atom stereocenters. The maximum Gasteiger partial charge on any atom is 0.244 e. The second-order valence-corrected chi connectivity index (χ2v) is 5.18. The minimum atomic E-state index is -0.0488. The average molecular weight is 275 g/mol. The molecule has 2 N–H and O–H groups in total. The lowest BCUT2D eigenvalue weighted by molar-refractivity contribution is -0.116. The van der Waals surface area contributed by atoms with Gasteiger partial charge in [-0.25, -0.2) is 4.98 Å². The number of nitrogens with zero attached hydrogens (tertiary/aromatic N) is 1. The summed E-state index contributed by atoms with van der Waals surface area (Å²) >= 11 is 1.64. The van der Waals surface area contributed by atoms with Crippen molar-refractivity contribution < 1.29 is 4.79 Å². The fraction of sp³-hybridized carbons (Fsp3) is 0.286. The lowest BCUT2D eigenvalue weighted by Gasteiger charge is -2.00. The summed E-state index contributed by atoms with van der Waals surface area (Å²) in [7, 11) is 0. The summed E-state index contributed by atoms with van der Waals surface area (Å²) in [4.78, 5) is 19.9. The molecule has 4 nitrogen and oxygen atoms in total. The third-order valence-corrected chi connectivity index (χ3v) is 3.72. The zero-order chi connectivity index (χ0) is 13.5. The van der Waals surface area contributed by atoms with Crippen molar-refractivity contribution in [3.05, 3.63) is 46.2 Å². The van der Waals surface area contributed by atoms with Gasteiger partial charge in [0.25, 0.3) is 0 Å². The van der Waals surface area contributed by atoms with Gasteiger partial charge in [0.2, 0.25) is 5.91 Å². The monoisotopic (exact) mass is 275 g/mol. The highest BCUT2D eigenvalue weighted by atomic mass is 32.1. The van der Waals surface area contributed by atoms with Crippen LogP contribution in [0, 0.1) is 6.92 Å². The van der Waals surface area contributed by atoms with Gasteiger partial charge in [-0.3, -0.25) is 4.79 Å². The minimum Gasteiger partial charge on any atom is -0.353 e. The molecule has 2 rings (SSSR count). The van der Waals surface area contributed by atoms with E-state index in [0.29, 0.717) is 6.54 Å². The molecule has 5 heteroatoms. The highest BCUT2D eigenvalue weighted by Crippen LogP contribution is 2.16. The Labute approximate surface area is 116 Å². The van der Waals surface area contributed by atoms with E-state index in [1.54, 1.807) is 29.8 Å². The standard InChI is InChI=1S/C14H17N3OS/c1-11-6-10-19-12(11)4-5-14(18)17-7-2-3-13-15-8-9-16-13/h4-6,8-10H,2-3,7H2,1H3,(H,15,16)(H,17,18)/b5-4+. The number of hydrogen-bond donors (Lipinski definition) is 2. The maximum atomic E-state index is 11.6. The van der Waals surface area contributed by atoms with Crippen LogP contribution in [0.3, 0.4) is 0 Å². The normalized spacial score (nSPS) is 11.0. The van der Waals surface area contributed by atoms with Crippen LogP contribution in [0.25, 0.3) is 6.08 Å². The molecule has 1 amide bonds. The van der Waals surface area contributed by atoms with Crippen molar-refractivity contribution in [2.45, 2.75) is 19.8 Å². The lowest BCUT2D eigenvalue weighted by Crippen LogP contribution is -2.22. The van der Waals surface area contributed by atoms with Gasteiger partial charge in [0.05, 0.1) is 0 Å². The number of aryl methyl sites for hydroxylation is 2. The third kappa shape index (κ3) is 4.37. The van der Waals surface area contributed by atoms with Crippen LogP contribution in [0.2, 0.25) is 0 Å². The van der Waals surface area contributed by atoms with Gasteiger partial charge in [-0.15, -0.1) is 11.3 Å². The van der Waals surface area contributed by atoms with Crippen molar-refractivity contribution in [1.82, 2.24) is 15.3 Å². The van der Waals surface area contributed by atoms with Gasteiger partial charge in [-0.1, -0.05) is 0 Å². The van der Waals surface area contributed by atoms with Gasteiger partial charge >= 0.3 is 0 Å². The molecule has 19 heavy (non-hydrogen) atoms. The zero-order valence-corrected chi connectivity index (χ0v) is 11.7. The van der Waals surface area contributed by atoms with Crippen LogP contribution in [0.1, 0.15) is 22.7 Å². The molecular formula is C14H17N3OS. The van der Waals surface area contributed by atoms with Crippen molar-refractivity contribution in [2.75, 3.05) is 6.54 Å². The first-order valence-electron chi connectivity index (χ1n) is 6.24. The molecule has 0 aromatic carbocycles. The van der Waals surface area contributed by atoms with E-state index in [2.05, 4.69) is 15.3 Å². The summed E-state index contributed by atoms with van der Waals surface area (Å²) in [5, 5.41) is 4.89. The van der Waals surface area contributed by atoms with Crippen molar-refractivity contribution in [1.29, 1.82) is 0 Å². The van der Waals surface area contributed by atoms with Crippen LogP contribution in [0.4, 0.5) is 0 Å². The molecule has 2 heterocycles. The van der Waals surface area contributed by atoms with E-state index in [1.807, 2.05) is 24.4 Å². The summed E-state index contributed by atoms with van der Waals surface area (Å²) in [6.07, 6.45) is 8.72. The molecule has 100 valence electrons. The molecule has 0 bridgehead atoms. The predicted octanol–water partition coefficient (Wildman–Crippen LogP) is 2.54. The van der Waals surface area contributed by atoms with Crippen molar-refractivity contribution in [3.8, 4) is 0 Å². The van der Waals surface area contributed by atoms with Gasteiger partial charge in [0.15, 0.2) is 0 Å². The number of H-pyrrole nitrogens is 1. The Bertz CT molecular complexity index is 543. The average Bonchev–Trinajstić information content (AvgIpc) is 3.04. The predicted molar refractivity (Wildman–Crippen MR) is 78.0 cm³/mol. The summed E-state index contributed by atoms with van der Waals surface area (Å²) < 4.78 is 0. The summed E-state index contributed by atoms with van der Waals surface area (Å²) in [5.74, 6) is 0.909. The van der Waals surface area contributed by atoms with E-state index in [1.165, 1.54) is 5.56 Å². The van der Waals surface area contributed by atoms with Crippen LogP contribution in [0.15, 0.2) is 29.9 Å². The molecule has 0 saturated heterocycles. The highest BCUT2D eigenvalue weighted by molar-refractivity contribution is 7.11. The number of nitrogens with one attached hydrogen (secondary N) is 2. The topological polar surface area (TPSA) is 57.8 Å². The van der Waals surface area contributed by atoms with Gasteiger partial charge < -0.3 is 10.3 Å². The highest BCUT2D eigenvalue weighted by Gasteiger charge is 1.99. The number of carbonyl (C=O) groups excluding carboxylic acids is 1. The number of hydrogen-bond acceptors (Lipinski definition) is 3. The summed E-state index contributed by atoms with van der Waals surface area (Å²) in [6, 6.07) is 2.05. The number of imidazole rings is 1. The molecule has 2 aromatic heterocycles. The minimum absolute atomic E-state index is 0.0488. The summed E-state index contributed by atoms with van der Waals surface area (Å²) in [6.45, 7) is 2.70. The number of aromatic amines is 1. The van der Waals surface area contributed by atoms with Crippen LogP contribution in [0.5, 0.6) is 0 Å². The molecule has 0 fully saturated rings. The number of amides is 1. The third-order valence-electron chi connectivity index (χ3n) is 2.73. The summed E-state index contributed by atoms with van der Waals surface area (Å²) in [5.41, 5.74) is 1.20. The van der Waals surface area contributed by atoms with E-state index in [-0.39, 0.29) is 5.91 Å². The molecule has 0 spiro atoms. The molecule has 0 saturated carbocycles. The number of rotatable bonds is 6. The quantitative estimate of drug-likeness (QED) is 0.629. The molecule has 0 radical (unpaired) electrons. The zero-order valence-electron chi connectivity index (χ0n) is 10.8. The Kier molecular flexibility index (Phi) is 4.92. The smallest absolute Gasteiger partial charge is 0.244 e. The first-order valence-corrected chi connectivity index (χ1v) is 7.12. The van der Waals surface area contributed by atoms with E-state index >= 15 is 0 Å². The number of thiophene rings is 1. The molecular weight excluding hydrogens is 258 g/mol. The number of aromatic nitrogens is 2. The number of carbonyl (C=O) groups is 1. The lowest BCUT2D eigenvalue weighted by atomic mass is 10.2. The fourth-order valence-corrected chi connectivity index (χ4v) is 2.49. The first kappa shape index (κ1) is 13.5. The van der Waals surface area contributed by atoms with Gasteiger partial charge in [0, 0.05) is 36.3 Å². The van der Waals surface area contributed by atoms with E-state index < -0.39 is 0 Å². The largest absolute Gasteiger partial charge is 0.353 e. The second kappa shape index (κ2) is 6.89. The van der Waals surface area contributed by atoms with Crippen molar-refractivity contribution in [2.24, 2.45) is 0 Å². The molecule has 0 aliphatic heterocycles. The molecule has 2 aromatic rings. The second-order valence-electron chi connectivity index (χ2n) is 4.23. The Morgan fingerprint density at radius 2 is 2.47 bits per heavy atom. The van der Waals surface area contributed by atoms with Crippen LogP contribution in [-0.4, -0.2) is 22.4 Å². The first-order chi connectivity index (χ1) is 9.25. The van der Waals surface area contributed by atoms with E-state index in [0.717, 1.165) is 23.5 Å². The van der Waals surface area contributed by atoms with Crippen LogP contribution < -0.4 is 5.32 Å². The van der Waals surface area contributed by atoms with Gasteiger partial charge in [0.1, 0.15) is 5.82 Å². The Morgan fingerprint density at radius 1 is 1.58 bits per heavy atom. The molecule has 0 aliphatic carbocycles. The van der Waals surface area contributed by atoms with E-state index in [4.69, 9.17) is 0 Å². The fourth-order valence-electron chi connectivity index (χ4n) is 1.67. The van der Waals surface area contributed by atoms with Crippen LogP contribution >= 0.6 is 11.3 Å². The van der Waals surface area contributed by atoms with Gasteiger partial charge in [-0.05, 0) is 36.4 Å². The Balaban J connectivity index is 1.67. The molecule has 0 aliphatic rings. The molecule has 0 atom stereocenters.